The summed E-state index contributed by atoms with van der Waals surface area (Å²) in [6.45, 7) is 5.29. The van der Waals surface area contributed by atoms with Crippen molar-refractivity contribution < 1.29 is 8.42 Å². The SMILES string of the molecule is CC(C)c1cnc(N2CC3(CCS3(=O)=O)C2)c2cnc(Cl)cc12. The maximum Gasteiger partial charge on any atom is 0.159 e. The van der Waals surface area contributed by atoms with Crippen LogP contribution in [-0.2, 0) is 9.84 Å². The minimum Gasteiger partial charge on any atom is -0.353 e. The Balaban J connectivity index is 1.77. The van der Waals surface area contributed by atoms with Crippen LogP contribution in [0.5, 0.6) is 0 Å². The molecule has 4 heterocycles. The number of fused-ring (bicyclic) bond motifs is 1. The number of hydrogen-bond acceptors (Lipinski definition) is 5. The molecule has 0 bridgehead atoms. The Morgan fingerprint density at radius 2 is 1.96 bits per heavy atom. The Hall–Kier alpha value is -1.40. The van der Waals surface area contributed by atoms with Gasteiger partial charge in [-0.1, -0.05) is 25.4 Å². The monoisotopic (exact) mass is 351 g/mol. The largest absolute Gasteiger partial charge is 0.353 e. The van der Waals surface area contributed by atoms with Gasteiger partial charge < -0.3 is 4.90 Å². The second-order valence-electron chi connectivity index (χ2n) is 6.85. The molecule has 0 amide bonds. The predicted octanol–water partition coefficient (Wildman–Crippen LogP) is 2.78. The summed E-state index contributed by atoms with van der Waals surface area (Å²) in [6, 6.07) is 1.87. The molecule has 0 atom stereocenters. The highest BCUT2D eigenvalue weighted by atomic mass is 35.5. The van der Waals surface area contributed by atoms with E-state index in [1.165, 1.54) is 0 Å². The molecular formula is C16H18ClN3O2S. The smallest absolute Gasteiger partial charge is 0.159 e. The topological polar surface area (TPSA) is 63.2 Å². The van der Waals surface area contributed by atoms with Crippen molar-refractivity contribution in [1.82, 2.24) is 9.97 Å². The van der Waals surface area contributed by atoms with Gasteiger partial charge >= 0.3 is 0 Å². The Labute approximate surface area is 140 Å². The second kappa shape index (κ2) is 4.80. The number of halogens is 1. The van der Waals surface area contributed by atoms with E-state index in [0.717, 1.165) is 28.6 Å². The first kappa shape index (κ1) is 15.1. The van der Waals surface area contributed by atoms with Crippen LogP contribution in [0.3, 0.4) is 0 Å². The fraction of sp³-hybridized carbons (Fsp3) is 0.500. The molecule has 4 rings (SSSR count). The number of aromatic nitrogens is 2. The molecule has 2 aromatic rings. The average Bonchev–Trinajstić information content (AvgIpc) is 2.44. The molecule has 7 heteroatoms. The molecule has 0 unspecified atom stereocenters. The molecule has 2 saturated heterocycles. The van der Waals surface area contributed by atoms with Crippen molar-refractivity contribution in [3.63, 3.8) is 0 Å². The number of anilines is 1. The number of pyridine rings is 2. The van der Waals surface area contributed by atoms with Crippen LogP contribution in [0.1, 0.15) is 31.7 Å². The molecule has 0 saturated carbocycles. The molecule has 2 fully saturated rings. The highest BCUT2D eigenvalue weighted by Gasteiger charge is 2.60. The van der Waals surface area contributed by atoms with Crippen LogP contribution in [0.2, 0.25) is 5.15 Å². The van der Waals surface area contributed by atoms with Gasteiger partial charge in [-0.05, 0) is 29.4 Å². The van der Waals surface area contributed by atoms with Gasteiger partial charge in [0.05, 0.1) is 5.75 Å². The minimum atomic E-state index is -2.91. The third-order valence-corrected chi connectivity index (χ3v) is 7.84. The van der Waals surface area contributed by atoms with Gasteiger partial charge in [-0.25, -0.2) is 18.4 Å². The van der Waals surface area contributed by atoms with Gasteiger partial charge in [0, 0.05) is 30.9 Å². The lowest BCUT2D eigenvalue weighted by Gasteiger charge is -2.54. The van der Waals surface area contributed by atoms with E-state index < -0.39 is 14.6 Å². The van der Waals surface area contributed by atoms with E-state index in [-0.39, 0.29) is 0 Å². The summed E-state index contributed by atoms with van der Waals surface area (Å²) in [5.74, 6) is 1.45. The van der Waals surface area contributed by atoms with Gasteiger partial charge in [0.2, 0.25) is 0 Å². The first-order chi connectivity index (χ1) is 10.8. The average molecular weight is 352 g/mol. The van der Waals surface area contributed by atoms with Crippen molar-refractivity contribution in [2.45, 2.75) is 30.9 Å². The lowest BCUT2D eigenvalue weighted by atomic mass is 9.93. The molecule has 122 valence electrons. The van der Waals surface area contributed by atoms with Crippen molar-refractivity contribution in [2.75, 3.05) is 23.7 Å². The first-order valence-electron chi connectivity index (χ1n) is 7.74. The zero-order valence-corrected chi connectivity index (χ0v) is 14.7. The van der Waals surface area contributed by atoms with Crippen molar-refractivity contribution >= 4 is 38.0 Å². The van der Waals surface area contributed by atoms with E-state index in [0.29, 0.717) is 29.9 Å². The van der Waals surface area contributed by atoms with Crippen molar-refractivity contribution in [3.05, 3.63) is 29.2 Å². The maximum absolute atomic E-state index is 12.0. The normalized spacial score (nSPS) is 21.5. The van der Waals surface area contributed by atoms with Gasteiger partial charge in [0.15, 0.2) is 9.84 Å². The summed E-state index contributed by atoms with van der Waals surface area (Å²) in [5.41, 5.74) is 1.12. The molecule has 0 aliphatic carbocycles. The second-order valence-corrected chi connectivity index (χ2v) is 9.74. The fourth-order valence-corrected chi connectivity index (χ4v) is 5.52. The zero-order chi connectivity index (χ0) is 16.4. The van der Waals surface area contributed by atoms with Gasteiger partial charge in [0.25, 0.3) is 0 Å². The Morgan fingerprint density at radius 1 is 1.22 bits per heavy atom. The highest BCUT2D eigenvalue weighted by Crippen LogP contribution is 2.45. The third kappa shape index (κ3) is 2.08. The molecule has 0 N–H and O–H groups in total. The van der Waals surface area contributed by atoms with Crippen LogP contribution < -0.4 is 4.90 Å². The van der Waals surface area contributed by atoms with Crippen LogP contribution in [0.25, 0.3) is 10.8 Å². The molecule has 2 aliphatic rings. The van der Waals surface area contributed by atoms with E-state index in [1.807, 2.05) is 17.2 Å². The van der Waals surface area contributed by atoms with E-state index >= 15 is 0 Å². The molecule has 0 aromatic carbocycles. The maximum atomic E-state index is 12.0. The van der Waals surface area contributed by atoms with Gasteiger partial charge in [-0.3, -0.25) is 0 Å². The number of rotatable bonds is 2. The standard InChI is InChI=1S/C16H18ClN3O2S/c1-10(2)12-6-19-15(13-7-18-14(17)5-11(12)13)20-8-16(9-20)3-4-23(16,21)22/h5-7,10H,3-4,8-9H2,1-2H3. The van der Waals surface area contributed by atoms with Crippen molar-refractivity contribution in [3.8, 4) is 0 Å². The van der Waals surface area contributed by atoms with Gasteiger partial charge in [-0.15, -0.1) is 0 Å². The Kier molecular flexibility index (Phi) is 3.16. The molecule has 5 nitrogen and oxygen atoms in total. The fourth-order valence-electron chi connectivity index (χ4n) is 3.54. The van der Waals surface area contributed by atoms with Crippen LogP contribution in [0, 0.1) is 0 Å². The van der Waals surface area contributed by atoms with E-state index in [9.17, 15) is 8.42 Å². The first-order valence-corrected chi connectivity index (χ1v) is 9.77. The van der Waals surface area contributed by atoms with Crippen molar-refractivity contribution in [2.24, 2.45) is 0 Å². The summed E-state index contributed by atoms with van der Waals surface area (Å²) in [7, 11) is -2.91. The lowest BCUT2D eigenvalue weighted by molar-refractivity contribution is 0.373. The van der Waals surface area contributed by atoms with E-state index in [2.05, 4.69) is 23.8 Å². The zero-order valence-electron chi connectivity index (χ0n) is 13.1. The Morgan fingerprint density at radius 3 is 2.52 bits per heavy atom. The van der Waals surface area contributed by atoms with Crippen LogP contribution in [-0.4, -0.2) is 42.0 Å². The minimum absolute atomic E-state index is 0.318. The summed E-state index contributed by atoms with van der Waals surface area (Å²) in [5, 5.41) is 2.44. The van der Waals surface area contributed by atoms with Crippen molar-refractivity contribution in [1.29, 1.82) is 0 Å². The van der Waals surface area contributed by atoms with E-state index in [4.69, 9.17) is 11.6 Å². The summed E-state index contributed by atoms with van der Waals surface area (Å²) >= 11 is 6.06. The highest BCUT2D eigenvalue weighted by molar-refractivity contribution is 7.94. The molecule has 2 aliphatic heterocycles. The van der Waals surface area contributed by atoms with E-state index in [1.54, 1.807) is 6.20 Å². The molecular weight excluding hydrogens is 334 g/mol. The van der Waals surface area contributed by atoms with Crippen LogP contribution >= 0.6 is 11.6 Å². The molecule has 0 radical (unpaired) electrons. The lowest BCUT2D eigenvalue weighted by Crippen LogP contribution is -2.72. The molecule has 2 aromatic heterocycles. The Bertz CT molecular complexity index is 905. The van der Waals surface area contributed by atoms with Crippen LogP contribution in [0.4, 0.5) is 5.82 Å². The van der Waals surface area contributed by atoms with Crippen LogP contribution in [0.15, 0.2) is 18.5 Å². The molecule has 1 spiro atoms. The number of nitrogens with zero attached hydrogens (tertiary/aromatic N) is 3. The quantitative estimate of drug-likeness (QED) is 0.778. The predicted molar refractivity (Wildman–Crippen MR) is 92.0 cm³/mol. The van der Waals surface area contributed by atoms with Gasteiger partial charge in [-0.2, -0.15) is 0 Å². The molecule has 23 heavy (non-hydrogen) atoms. The summed E-state index contributed by atoms with van der Waals surface area (Å²) in [6.07, 6.45) is 4.38. The number of sulfone groups is 1. The summed E-state index contributed by atoms with van der Waals surface area (Å²) < 4.78 is 23.4. The number of hydrogen-bond donors (Lipinski definition) is 0. The van der Waals surface area contributed by atoms with Gasteiger partial charge in [0.1, 0.15) is 15.7 Å². The third-order valence-electron chi connectivity index (χ3n) is 5.11. The summed E-state index contributed by atoms with van der Waals surface area (Å²) in [4.78, 5) is 10.8.